The van der Waals surface area contributed by atoms with Crippen molar-refractivity contribution in [2.24, 2.45) is 0 Å². The molecular weight excluding hydrogens is 244 g/mol. The molecule has 2 nitrogen and oxygen atoms in total. The molecule has 0 atom stereocenters. The summed E-state index contributed by atoms with van der Waals surface area (Å²) in [6.07, 6.45) is 0. The van der Waals surface area contributed by atoms with E-state index in [1.54, 1.807) is 6.92 Å². The van der Waals surface area contributed by atoms with Crippen LogP contribution in [0.25, 0.3) is 11.1 Å². The van der Waals surface area contributed by atoms with Crippen molar-refractivity contribution in [3.05, 3.63) is 59.7 Å². The Bertz CT molecular complexity index is 521. The van der Waals surface area contributed by atoms with E-state index in [4.69, 9.17) is 4.55 Å². The Hall–Kier alpha value is -1.58. The molecule has 0 bridgehead atoms. The minimum absolute atomic E-state index is 0.101. The molecule has 0 fully saturated rings. The first-order valence-corrected chi connectivity index (χ1v) is 5.86. The molecule has 1 N–H and O–H groups in total. The highest BCUT2D eigenvalue weighted by Gasteiger charge is 2.05. The minimum Gasteiger partial charge on any atom is -0.333 e. The van der Waals surface area contributed by atoms with Gasteiger partial charge in [-0.05, 0) is 55.6 Å². The average molecular weight is 259 g/mol. The van der Waals surface area contributed by atoms with Gasteiger partial charge in [-0.1, -0.05) is 36.4 Å². The van der Waals surface area contributed by atoms with Crippen LogP contribution in [-0.4, -0.2) is 10.3 Å². The molecule has 18 heavy (non-hydrogen) atoms. The van der Waals surface area contributed by atoms with Crippen LogP contribution >= 0.6 is 12.9 Å². The molecule has 3 heteroatoms. The third-order valence-corrected chi connectivity index (χ3v) is 2.67. The number of carbonyl (C=O) groups excluding carboxylic acids is 1. The van der Waals surface area contributed by atoms with Crippen molar-refractivity contribution < 1.29 is 9.35 Å². The first-order valence-electron chi connectivity index (χ1n) is 5.46. The van der Waals surface area contributed by atoms with Gasteiger partial charge in [0.2, 0.25) is 0 Å². The Labute approximate surface area is 113 Å². The molecule has 0 saturated carbocycles. The summed E-state index contributed by atoms with van der Waals surface area (Å²) in [5.41, 5.74) is 4.17. The van der Waals surface area contributed by atoms with Gasteiger partial charge in [-0.15, -0.1) is 0 Å². The van der Waals surface area contributed by atoms with Crippen LogP contribution in [0.4, 0.5) is 0 Å². The fraction of sp³-hybridized carbons (Fsp3) is 0.133. The van der Waals surface area contributed by atoms with Gasteiger partial charge >= 0.3 is 0 Å². The van der Waals surface area contributed by atoms with E-state index in [1.807, 2.05) is 42.5 Å². The van der Waals surface area contributed by atoms with Crippen LogP contribution in [0.2, 0.25) is 0 Å². The van der Waals surface area contributed by atoms with Gasteiger partial charge < -0.3 is 4.55 Å². The van der Waals surface area contributed by atoms with Crippen LogP contribution in [0.15, 0.2) is 42.5 Å². The van der Waals surface area contributed by atoms with Crippen LogP contribution in [0.1, 0.15) is 22.8 Å². The Morgan fingerprint density at radius 2 is 1.78 bits per heavy atom. The molecule has 0 aromatic heterocycles. The van der Waals surface area contributed by atoms with Crippen molar-refractivity contribution in [1.29, 1.82) is 0 Å². The van der Waals surface area contributed by atoms with Gasteiger partial charge in [-0.2, -0.15) is 0 Å². The Balaban J connectivity index is 0.000000771. The van der Waals surface area contributed by atoms with Gasteiger partial charge in [0.15, 0.2) is 5.78 Å². The molecule has 0 aliphatic carbocycles. The molecule has 0 unspecified atom stereocenters. The van der Waals surface area contributed by atoms with Crippen LogP contribution in [0.5, 0.6) is 0 Å². The second-order valence-electron chi connectivity index (χ2n) is 3.87. The molecule has 0 spiro atoms. The highest BCUT2D eigenvalue weighted by Crippen LogP contribution is 2.24. The molecule has 0 heterocycles. The second kappa shape index (κ2) is 6.99. The molecule has 0 aliphatic rings. The quantitative estimate of drug-likeness (QED) is 0.485. The van der Waals surface area contributed by atoms with Crippen molar-refractivity contribution in [2.75, 3.05) is 0 Å². The number of hydrogen-bond acceptors (Lipinski definition) is 3. The number of carbonyl (C=O) groups is 1. The lowest BCUT2D eigenvalue weighted by Gasteiger charge is -2.07. The Morgan fingerprint density at radius 3 is 2.33 bits per heavy atom. The van der Waals surface area contributed by atoms with Gasteiger partial charge in [0.25, 0.3) is 0 Å². The van der Waals surface area contributed by atoms with E-state index in [0.29, 0.717) is 0 Å². The zero-order valence-corrected chi connectivity index (χ0v) is 11.2. The average Bonchev–Trinajstić information content (AvgIpc) is 2.42. The maximum Gasteiger partial charge on any atom is 0.159 e. The third kappa shape index (κ3) is 3.45. The summed E-state index contributed by atoms with van der Waals surface area (Å²) in [6, 6.07) is 16.6. The SMILES string of the molecule is CC(=O)c1ccc(C)c(-c2cc[c]cc2)c1.OS. The largest absolute Gasteiger partial charge is 0.333 e. The lowest BCUT2D eigenvalue weighted by atomic mass is 9.97. The van der Waals surface area contributed by atoms with Crippen LogP contribution in [0, 0.1) is 13.0 Å². The van der Waals surface area contributed by atoms with Gasteiger partial charge in [0.05, 0.1) is 0 Å². The lowest BCUT2D eigenvalue weighted by Crippen LogP contribution is -1.93. The van der Waals surface area contributed by atoms with Crippen LogP contribution < -0.4 is 0 Å². The van der Waals surface area contributed by atoms with Crippen molar-refractivity contribution in [3.63, 3.8) is 0 Å². The van der Waals surface area contributed by atoms with Crippen LogP contribution in [0.3, 0.4) is 0 Å². The van der Waals surface area contributed by atoms with E-state index in [2.05, 4.69) is 25.9 Å². The summed E-state index contributed by atoms with van der Waals surface area (Å²) in [6.45, 7) is 3.64. The highest BCUT2D eigenvalue weighted by molar-refractivity contribution is 7.74. The van der Waals surface area contributed by atoms with Crippen LogP contribution in [-0.2, 0) is 0 Å². The van der Waals surface area contributed by atoms with E-state index in [9.17, 15) is 4.79 Å². The summed E-state index contributed by atoms with van der Waals surface area (Å²) < 4.78 is 6.69. The minimum atomic E-state index is 0.101. The number of ketones is 1. The van der Waals surface area contributed by atoms with E-state index in [1.165, 1.54) is 5.56 Å². The van der Waals surface area contributed by atoms with Crippen molar-refractivity contribution in [1.82, 2.24) is 0 Å². The molecule has 0 aliphatic heterocycles. The number of rotatable bonds is 2. The molecule has 2 aromatic rings. The van der Waals surface area contributed by atoms with Crippen molar-refractivity contribution >= 4 is 18.7 Å². The molecule has 2 rings (SSSR count). The maximum atomic E-state index is 11.3. The van der Waals surface area contributed by atoms with Gasteiger partial charge in [-0.3, -0.25) is 4.79 Å². The fourth-order valence-corrected chi connectivity index (χ4v) is 1.72. The second-order valence-corrected chi connectivity index (χ2v) is 3.87. The van der Waals surface area contributed by atoms with E-state index < -0.39 is 0 Å². The summed E-state index contributed by atoms with van der Waals surface area (Å²) in [5.74, 6) is 0.101. The van der Waals surface area contributed by atoms with E-state index in [-0.39, 0.29) is 5.78 Å². The predicted molar refractivity (Wildman–Crippen MR) is 77.1 cm³/mol. The summed E-state index contributed by atoms with van der Waals surface area (Å²) in [4.78, 5) is 11.3. The first kappa shape index (κ1) is 14.5. The summed E-state index contributed by atoms with van der Waals surface area (Å²) in [5, 5.41) is 0. The Kier molecular flexibility index (Phi) is 5.62. The van der Waals surface area contributed by atoms with Gasteiger partial charge in [-0.25, -0.2) is 0 Å². The van der Waals surface area contributed by atoms with E-state index >= 15 is 0 Å². The first-order chi connectivity index (χ1) is 8.68. The topological polar surface area (TPSA) is 37.3 Å². The molecular formula is C15H15O2S. The number of aryl methyl sites for hydroxylation is 1. The lowest BCUT2D eigenvalue weighted by molar-refractivity contribution is 0.101. The molecule has 1 radical (unpaired) electrons. The number of thiol groups is 1. The number of hydrogen-bond donors (Lipinski definition) is 2. The van der Waals surface area contributed by atoms with E-state index in [0.717, 1.165) is 16.7 Å². The smallest absolute Gasteiger partial charge is 0.159 e. The fourth-order valence-electron chi connectivity index (χ4n) is 1.72. The predicted octanol–water partition coefficient (Wildman–Crippen LogP) is 4.05. The third-order valence-electron chi connectivity index (χ3n) is 2.67. The maximum absolute atomic E-state index is 11.3. The van der Waals surface area contributed by atoms with Gasteiger partial charge in [0.1, 0.15) is 0 Å². The molecule has 93 valence electrons. The molecule has 0 amide bonds. The monoisotopic (exact) mass is 259 g/mol. The number of Topliss-reactive ketones (excluding diaryl/α,β-unsaturated/α-hetero) is 1. The standard InChI is InChI=1S/C15H13O.H2OS/c1-11-8-9-14(12(2)16)10-15(11)13-6-4-3-5-7-13;1-2/h4-10H,1-2H3;1-2H. The zero-order chi connectivity index (χ0) is 13.5. The normalized spacial score (nSPS) is 9.33. The summed E-state index contributed by atoms with van der Waals surface area (Å²) >= 11 is 2.53. The van der Waals surface area contributed by atoms with Crippen molar-refractivity contribution in [3.8, 4) is 11.1 Å². The number of benzene rings is 2. The zero-order valence-electron chi connectivity index (χ0n) is 10.3. The summed E-state index contributed by atoms with van der Waals surface area (Å²) in [7, 11) is 0. The molecule has 0 saturated heterocycles. The Morgan fingerprint density at radius 1 is 1.17 bits per heavy atom. The molecule has 2 aromatic carbocycles. The highest BCUT2D eigenvalue weighted by atomic mass is 32.1. The van der Waals surface area contributed by atoms with Crippen molar-refractivity contribution in [2.45, 2.75) is 13.8 Å². The van der Waals surface area contributed by atoms with Gasteiger partial charge in [0, 0.05) is 5.56 Å².